The van der Waals surface area contributed by atoms with Crippen molar-refractivity contribution in [1.29, 1.82) is 0 Å². The van der Waals surface area contributed by atoms with Crippen LogP contribution in [0.1, 0.15) is 40.0 Å². The molecular formula is C13H21F2NO3. The molecule has 2 rings (SSSR count). The second-order valence-corrected chi connectivity index (χ2v) is 6.70. The Balaban J connectivity index is 2.01. The summed E-state index contributed by atoms with van der Waals surface area (Å²) in [6, 6.07) is 0. The van der Waals surface area contributed by atoms with Gasteiger partial charge in [-0.15, -0.1) is 0 Å². The van der Waals surface area contributed by atoms with E-state index >= 15 is 0 Å². The van der Waals surface area contributed by atoms with Crippen LogP contribution in [0.25, 0.3) is 0 Å². The van der Waals surface area contributed by atoms with E-state index in [1.165, 1.54) is 0 Å². The van der Waals surface area contributed by atoms with E-state index in [4.69, 9.17) is 4.74 Å². The fourth-order valence-corrected chi connectivity index (χ4v) is 2.85. The Kier molecular flexibility index (Phi) is 3.28. The third-order valence-corrected chi connectivity index (χ3v) is 3.93. The third kappa shape index (κ3) is 2.68. The van der Waals surface area contributed by atoms with Crippen LogP contribution in [0.3, 0.4) is 0 Å². The van der Waals surface area contributed by atoms with Gasteiger partial charge in [-0.3, -0.25) is 0 Å². The first kappa shape index (κ1) is 14.5. The molecule has 0 bridgehead atoms. The Morgan fingerprint density at radius 1 is 1.37 bits per heavy atom. The summed E-state index contributed by atoms with van der Waals surface area (Å²) >= 11 is 0. The lowest BCUT2D eigenvalue weighted by molar-refractivity contribution is -0.227. The second kappa shape index (κ2) is 4.30. The van der Waals surface area contributed by atoms with Gasteiger partial charge < -0.3 is 14.7 Å². The van der Waals surface area contributed by atoms with Gasteiger partial charge in [0.1, 0.15) is 5.60 Å². The molecule has 1 aliphatic heterocycles. The molecule has 0 aromatic heterocycles. The maximum absolute atomic E-state index is 14.2. The molecule has 0 aromatic rings. The highest BCUT2D eigenvalue weighted by Gasteiger charge is 2.63. The van der Waals surface area contributed by atoms with Crippen molar-refractivity contribution in [3.05, 3.63) is 0 Å². The van der Waals surface area contributed by atoms with Gasteiger partial charge in [0.15, 0.2) is 0 Å². The number of carbonyl (C=O) groups excluding carboxylic acids is 1. The number of hydrogen-bond donors (Lipinski definition) is 1. The van der Waals surface area contributed by atoms with E-state index in [1.54, 1.807) is 20.8 Å². The Morgan fingerprint density at radius 2 is 1.95 bits per heavy atom. The lowest BCUT2D eigenvalue weighted by Crippen LogP contribution is -2.63. The summed E-state index contributed by atoms with van der Waals surface area (Å²) in [4.78, 5) is 12.9. The monoisotopic (exact) mass is 277 g/mol. The number of hydrogen-bond acceptors (Lipinski definition) is 3. The molecule has 110 valence electrons. The van der Waals surface area contributed by atoms with Gasteiger partial charge in [0.2, 0.25) is 0 Å². The molecule has 1 N–H and O–H groups in total. The first-order valence-corrected chi connectivity index (χ1v) is 6.59. The van der Waals surface area contributed by atoms with E-state index in [0.717, 1.165) is 4.90 Å². The minimum Gasteiger partial charge on any atom is -0.444 e. The molecule has 2 aliphatic rings. The Bertz CT molecular complexity index is 373. The van der Waals surface area contributed by atoms with Crippen molar-refractivity contribution in [2.24, 2.45) is 5.41 Å². The number of alkyl halides is 2. The van der Waals surface area contributed by atoms with Crippen LogP contribution in [0, 0.1) is 5.41 Å². The van der Waals surface area contributed by atoms with Crippen LogP contribution < -0.4 is 0 Å². The molecule has 6 heteroatoms. The van der Waals surface area contributed by atoms with Crippen LogP contribution >= 0.6 is 0 Å². The van der Waals surface area contributed by atoms with E-state index in [1.807, 2.05) is 0 Å². The Morgan fingerprint density at radius 3 is 2.37 bits per heavy atom. The van der Waals surface area contributed by atoms with Crippen LogP contribution in [0.15, 0.2) is 0 Å². The van der Waals surface area contributed by atoms with Gasteiger partial charge >= 0.3 is 6.09 Å². The van der Waals surface area contributed by atoms with Crippen molar-refractivity contribution in [2.75, 3.05) is 13.1 Å². The number of aliphatic hydroxyl groups excluding tert-OH is 1. The van der Waals surface area contributed by atoms with E-state index in [-0.39, 0.29) is 25.8 Å². The first-order valence-electron chi connectivity index (χ1n) is 6.59. The number of nitrogens with zero attached hydrogens (tertiary/aromatic N) is 1. The van der Waals surface area contributed by atoms with Gasteiger partial charge in [0.25, 0.3) is 5.92 Å². The van der Waals surface area contributed by atoms with E-state index in [9.17, 15) is 18.7 Å². The smallest absolute Gasteiger partial charge is 0.410 e. The summed E-state index contributed by atoms with van der Waals surface area (Å²) in [7, 11) is 0. The molecule has 0 atom stereocenters. The van der Waals surface area contributed by atoms with Gasteiger partial charge in [-0.05, 0) is 40.0 Å². The van der Waals surface area contributed by atoms with Gasteiger partial charge in [-0.1, -0.05) is 0 Å². The topological polar surface area (TPSA) is 49.8 Å². The molecule has 0 radical (unpaired) electrons. The normalized spacial score (nSPS) is 34.0. The molecule has 0 aromatic carbocycles. The number of ether oxygens (including phenoxy) is 1. The molecule has 1 aliphatic carbocycles. The first-order chi connectivity index (χ1) is 8.55. The minimum atomic E-state index is -2.96. The quantitative estimate of drug-likeness (QED) is 0.739. The molecule has 1 heterocycles. The molecule has 1 spiro atoms. The number of amides is 1. The molecular weight excluding hydrogens is 256 g/mol. The molecule has 19 heavy (non-hydrogen) atoms. The number of aliphatic hydroxyl groups is 1. The van der Waals surface area contributed by atoms with Crippen molar-refractivity contribution in [2.45, 2.75) is 57.7 Å². The SMILES string of the molecule is CC(C)(C)OC(=O)N1CCC2(CC(O)C2)C(F)(F)C1. The number of rotatable bonds is 0. The number of piperidine rings is 1. The minimum absolute atomic E-state index is 0.127. The summed E-state index contributed by atoms with van der Waals surface area (Å²) in [5, 5.41) is 9.29. The fourth-order valence-electron chi connectivity index (χ4n) is 2.85. The maximum Gasteiger partial charge on any atom is 0.410 e. The lowest BCUT2D eigenvalue weighted by Gasteiger charge is -2.54. The number of likely N-dealkylation sites (tertiary alicyclic amines) is 1. The summed E-state index contributed by atoms with van der Waals surface area (Å²) in [5.74, 6) is -2.96. The maximum atomic E-state index is 14.2. The van der Waals surface area contributed by atoms with Crippen LogP contribution in [-0.4, -0.2) is 46.8 Å². The molecule has 4 nitrogen and oxygen atoms in total. The standard InChI is InChI=1S/C13H21F2NO3/c1-11(2,3)19-10(18)16-5-4-12(6-9(17)7-12)13(14,15)8-16/h9,17H,4-8H2,1-3H3. The Hall–Kier alpha value is -0.910. The van der Waals surface area contributed by atoms with Crippen LogP contribution in [0.5, 0.6) is 0 Å². The van der Waals surface area contributed by atoms with E-state index in [2.05, 4.69) is 0 Å². The second-order valence-electron chi connectivity index (χ2n) is 6.70. The van der Waals surface area contributed by atoms with Crippen molar-refractivity contribution < 1.29 is 23.4 Å². The highest BCUT2D eigenvalue weighted by molar-refractivity contribution is 5.68. The zero-order chi connectivity index (χ0) is 14.5. The molecule has 1 saturated carbocycles. The average Bonchev–Trinajstić information content (AvgIpc) is 2.16. The predicted octanol–water partition coefficient (Wildman–Crippen LogP) is 2.40. The summed E-state index contributed by atoms with van der Waals surface area (Å²) < 4.78 is 33.4. The van der Waals surface area contributed by atoms with Crippen LogP contribution in [0.2, 0.25) is 0 Å². The highest BCUT2D eigenvalue weighted by atomic mass is 19.3. The van der Waals surface area contributed by atoms with Crippen LogP contribution in [-0.2, 0) is 4.74 Å². The lowest BCUT2D eigenvalue weighted by atomic mass is 9.59. The van der Waals surface area contributed by atoms with Crippen molar-refractivity contribution in [1.82, 2.24) is 4.90 Å². The molecule has 0 unspecified atom stereocenters. The largest absolute Gasteiger partial charge is 0.444 e. The molecule has 1 amide bonds. The summed E-state index contributed by atoms with van der Waals surface area (Å²) in [6.45, 7) is 4.76. The average molecular weight is 277 g/mol. The zero-order valence-corrected chi connectivity index (χ0v) is 11.6. The summed E-state index contributed by atoms with van der Waals surface area (Å²) in [5.41, 5.74) is -1.81. The number of halogens is 2. The van der Waals surface area contributed by atoms with Crippen molar-refractivity contribution in [3.63, 3.8) is 0 Å². The fraction of sp³-hybridized carbons (Fsp3) is 0.923. The van der Waals surface area contributed by atoms with Gasteiger partial charge in [-0.25, -0.2) is 13.6 Å². The van der Waals surface area contributed by atoms with Crippen molar-refractivity contribution >= 4 is 6.09 Å². The van der Waals surface area contributed by atoms with E-state index in [0.29, 0.717) is 0 Å². The summed E-state index contributed by atoms with van der Waals surface area (Å²) in [6.07, 6.45) is -0.846. The Labute approximate surface area is 111 Å². The molecule has 1 saturated heterocycles. The van der Waals surface area contributed by atoms with Gasteiger partial charge in [0, 0.05) is 12.0 Å². The zero-order valence-electron chi connectivity index (χ0n) is 11.6. The molecule has 2 fully saturated rings. The van der Waals surface area contributed by atoms with Crippen LogP contribution in [0.4, 0.5) is 13.6 Å². The van der Waals surface area contributed by atoms with Crippen molar-refractivity contribution in [3.8, 4) is 0 Å². The highest BCUT2D eigenvalue weighted by Crippen LogP contribution is 2.56. The van der Waals surface area contributed by atoms with E-state index < -0.39 is 35.7 Å². The van der Waals surface area contributed by atoms with Gasteiger partial charge in [-0.2, -0.15) is 0 Å². The van der Waals surface area contributed by atoms with Gasteiger partial charge in [0.05, 0.1) is 12.6 Å². The number of carbonyl (C=O) groups is 1. The third-order valence-electron chi connectivity index (χ3n) is 3.93. The predicted molar refractivity (Wildman–Crippen MR) is 65.0 cm³/mol.